The number of hydrogen-bond donors (Lipinski definition) is 1. The summed E-state index contributed by atoms with van der Waals surface area (Å²) in [6, 6.07) is 9.65. The van der Waals surface area contributed by atoms with Crippen molar-refractivity contribution >= 4 is 17.4 Å². The van der Waals surface area contributed by atoms with Crippen LogP contribution in [-0.4, -0.2) is 24.0 Å². The van der Waals surface area contributed by atoms with Gasteiger partial charge in [-0.2, -0.15) is 0 Å². The minimum atomic E-state index is -0.818. The molecule has 1 aliphatic heterocycles. The largest absolute Gasteiger partial charge is 0.444 e. The maximum absolute atomic E-state index is 12.4. The van der Waals surface area contributed by atoms with Crippen molar-refractivity contribution in [2.75, 3.05) is 0 Å². The van der Waals surface area contributed by atoms with E-state index in [1.165, 1.54) is 12.5 Å². The van der Waals surface area contributed by atoms with Crippen LogP contribution >= 0.6 is 0 Å². The first-order valence-corrected chi connectivity index (χ1v) is 7.52. The molecule has 1 aromatic carbocycles. The second kappa shape index (κ2) is 6.12. The second-order valence-corrected chi connectivity index (χ2v) is 5.63. The molecular formula is C17H19NO3. The van der Waals surface area contributed by atoms with E-state index in [9.17, 15) is 9.59 Å². The molecule has 0 radical (unpaired) electrons. The maximum Gasteiger partial charge on any atom is 0.332 e. The van der Waals surface area contributed by atoms with E-state index in [1.807, 2.05) is 30.3 Å². The number of carbonyl (C=O) groups excluding carboxylic acids is 2. The lowest BCUT2D eigenvalue weighted by atomic mass is 9.94. The van der Waals surface area contributed by atoms with Crippen LogP contribution in [0.1, 0.15) is 37.7 Å². The number of rotatable bonds is 3. The van der Waals surface area contributed by atoms with Gasteiger partial charge in [0.1, 0.15) is 0 Å². The predicted molar refractivity (Wildman–Crippen MR) is 79.3 cm³/mol. The molecule has 2 aliphatic rings. The Balaban J connectivity index is 1.73. The summed E-state index contributed by atoms with van der Waals surface area (Å²) in [6.07, 6.45) is 6.16. The van der Waals surface area contributed by atoms with Gasteiger partial charge < -0.3 is 10.1 Å². The first-order valence-electron chi connectivity index (χ1n) is 7.52. The van der Waals surface area contributed by atoms with Gasteiger partial charge in [-0.1, -0.05) is 49.6 Å². The zero-order valence-corrected chi connectivity index (χ0v) is 11.9. The molecule has 1 amide bonds. The van der Waals surface area contributed by atoms with Crippen molar-refractivity contribution in [3.8, 4) is 0 Å². The molecule has 1 unspecified atom stereocenters. The third-order valence-electron chi connectivity index (χ3n) is 4.09. The highest BCUT2D eigenvalue weighted by Crippen LogP contribution is 2.27. The molecule has 4 heteroatoms. The Kier molecular flexibility index (Phi) is 4.04. The fraction of sp³-hybridized carbons (Fsp3) is 0.412. The Bertz CT molecular complexity index is 559. The van der Waals surface area contributed by atoms with E-state index < -0.39 is 12.1 Å². The Labute approximate surface area is 124 Å². The minimum Gasteiger partial charge on any atom is -0.444 e. The average molecular weight is 285 g/mol. The lowest BCUT2D eigenvalue weighted by molar-refractivity contribution is -0.146. The van der Waals surface area contributed by atoms with Gasteiger partial charge >= 0.3 is 5.97 Å². The van der Waals surface area contributed by atoms with E-state index in [1.54, 1.807) is 0 Å². The highest BCUT2D eigenvalue weighted by Gasteiger charge is 2.34. The van der Waals surface area contributed by atoms with E-state index in [-0.39, 0.29) is 11.9 Å². The van der Waals surface area contributed by atoms with Crippen LogP contribution in [0, 0.1) is 0 Å². The molecule has 1 atom stereocenters. The molecule has 1 saturated carbocycles. The molecule has 4 nitrogen and oxygen atoms in total. The van der Waals surface area contributed by atoms with Crippen LogP contribution in [0.3, 0.4) is 0 Å². The van der Waals surface area contributed by atoms with E-state index in [4.69, 9.17) is 4.74 Å². The van der Waals surface area contributed by atoms with Crippen molar-refractivity contribution in [2.45, 2.75) is 44.2 Å². The fourth-order valence-corrected chi connectivity index (χ4v) is 3.00. The summed E-state index contributed by atoms with van der Waals surface area (Å²) < 4.78 is 5.19. The molecule has 1 N–H and O–H groups in total. The number of cyclic esters (lactones) is 1. The van der Waals surface area contributed by atoms with Crippen LogP contribution in [0.15, 0.2) is 36.4 Å². The molecule has 3 rings (SSSR count). The monoisotopic (exact) mass is 285 g/mol. The number of ether oxygens (including phenoxy) is 1. The Morgan fingerprint density at radius 2 is 1.81 bits per heavy atom. The van der Waals surface area contributed by atoms with Crippen LogP contribution in [0.25, 0.3) is 5.57 Å². The van der Waals surface area contributed by atoms with Crippen LogP contribution in [-0.2, 0) is 14.3 Å². The lowest BCUT2D eigenvalue weighted by Crippen LogP contribution is -2.43. The topological polar surface area (TPSA) is 55.4 Å². The molecule has 1 aromatic rings. The number of benzene rings is 1. The Hall–Kier alpha value is -2.10. The first-order chi connectivity index (χ1) is 10.2. The quantitative estimate of drug-likeness (QED) is 0.868. The zero-order valence-electron chi connectivity index (χ0n) is 11.9. The number of esters is 1. The number of amides is 1. The summed E-state index contributed by atoms with van der Waals surface area (Å²) in [7, 11) is 0. The minimum absolute atomic E-state index is 0.206. The van der Waals surface area contributed by atoms with Crippen LogP contribution < -0.4 is 5.32 Å². The highest BCUT2D eigenvalue weighted by molar-refractivity contribution is 6.06. The molecule has 1 fully saturated rings. The summed E-state index contributed by atoms with van der Waals surface area (Å²) in [5, 5.41) is 3.02. The molecule has 1 heterocycles. The highest BCUT2D eigenvalue weighted by atomic mass is 16.6. The number of nitrogens with one attached hydrogen (secondary N) is 1. The summed E-state index contributed by atoms with van der Waals surface area (Å²) >= 11 is 0. The number of carbonyl (C=O) groups is 2. The molecule has 0 saturated heterocycles. The van der Waals surface area contributed by atoms with E-state index in [0.717, 1.165) is 31.2 Å². The van der Waals surface area contributed by atoms with Gasteiger partial charge in [0.25, 0.3) is 5.91 Å². The van der Waals surface area contributed by atoms with Crippen molar-refractivity contribution in [3.05, 3.63) is 42.0 Å². The van der Waals surface area contributed by atoms with Gasteiger partial charge in [-0.25, -0.2) is 4.79 Å². The maximum atomic E-state index is 12.4. The summed E-state index contributed by atoms with van der Waals surface area (Å²) in [6.45, 7) is 0. The molecular weight excluding hydrogens is 266 g/mol. The molecule has 21 heavy (non-hydrogen) atoms. The van der Waals surface area contributed by atoms with Crippen LogP contribution in [0.2, 0.25) is 0 Å². The average Bonchev–Trinajstić information content (AvgIpc) is 2.91. The summed E-state index contributed by atoms with van der Waals surface area (Å²) in [5.41, 5.74) is 1.50. The second-order valence-electron chi connectivity index (χ2n) is 5.63. The van der Waals surface area contributed by atoms with Crippen molar-refractivity contribution < 1.29 is 14.3 Å². The molecule has 110 valence electrons. The third kappa shape index (κ3) is 3.15. The summed E-state index contributed by atoms with van der Waals surface area (Å²) in [5.74, 6) is -0.652. The third-order valence-corrected chi connectivity index (χ3v) is 4.09. The van der Waals surface area contributed by atoms with Crippen LogP contribution in [0.4, 0.5) is 0 Å². The van der Waals surface area contributed by atoms with Crippen molar-refractivity contribution in [1.29, 1.82) is 0 Å². The van der Waals surface area contributed by atoms with E-state index in [2.05, 4.69) is 5.32 Å². The van der Waals surface area contributed by atoms with E-state index in [0.29, 0.717) is 5.57 Å². The SMILES string of the molecule is O=C1C=C(c2ccccc2)C(C(=O)NC2CCCCC2)O1. The molecule has 0 aromatic heterocycles. The van der Waals surface area contributed by atoms with Gasteiger partial charge in [0.15, 0.2) is 0 Å². The van der Waals surface area contributed by atoms with Gasteiger partial charge in [-0.05, 0) is 18.4 Å². The lowest BCUT2D eigenvalue weighted by Gasteiger charge is -2.24. The summed E-state index contributed by atoms with van der Waals surface area (Å²) in [4.78, 5) is 24.0. The van der Waals surface area contributed by atoms with Gasteiger partial charge in [-0.15, -0.1) is 0 Å². The molecule has 0 bridgehead atoms. The van der Waals surface area contributed by atoms with Crippen molar-refractivity contribution in [3.63, 3.8) is 0 Å². The van der Waals surface area contributed by atoms with Gasteiger partial charge in [0, 0.05) is 17.7 Å². The van der Waals surface area contributed by atoms with Gasteiger partial charge in [0.05, 0.1) is 0 Å². The van der Waals surface area contributed by atoms with Crippen molar-refractivity contribution in [1.82, 2.24) is 5.32 Å². The van der Waals surface area contributed by atoms with Gasteiger partial charge in [-0.3, -0.25) is 4.79 Å². The van der Waals surface area contributed by atoms with Gasteiger partial charge in [0.2, 0.25) is 6.10 Å². The number of hydrogen-bond acceptors (Lipinski definition) is 3. The Morgan fingerprint density at radius 3 is 2.52 bits per heavy atom. The smallest absolute Gasteiger partial charge is 0.332 e. The fourth-order valence-electron chi connectivity index (χ4n) is 3.00. The zero-order chi connectivity index (χ0) is 14.7. The predicted octanol–water partition coefficient (Wildman–Crippen LogP) is 2.44. The van der Waals surface area contributed by atoms with Crippen molar-refractivity contribution in [2.24, 2.45) is 0 Å². The first kappa shape index (κ1) is 13.9. The van der Waals surface area contributed by atoms with E-state index >= 15 is 0 Å². The molecule has 1 aliphatic carbocycles. The molecule has 0 spiro atoms. The standard InChI is InChI=1S/C17H19NO3/c19-15-11-14(12-7-3-1-4-8-12)16(21-15)17(20)18-13-9-5-2-6-10-13/h1,3-4,7-8,11,13,16H,2,5-6,9-10H2,(H,18,20). The van der Waals surface area contributed by atoms with Crippen LogP contribution in [0.5, 0.6) is 0 Å². The Morgan fingerprint density at radius 1 is 1.10 bits per heavy atom. The normalized spacial score (nSPS) is 22.6.